The van der Waals surface area contributed by atoms with E-state index in [1.165, 1.54) is 30.3 Å². The number of nitrogens with zero attached hydrogens (tertiary/aromatic N) is 2. The fraction of sp³-hybridized carbons (Fsp3) is 0.152. The van der Waals surface area contributed by atoms with Crippen LogP contribution in [0.5, 0.6) is 5.75 Å². The maximum absolute atomic E-state index is 13.9. The van der Waals surface area contributed by atoms with Crippen molar-refractivity contribution in [2.24, 2.45) is 0 Å². The van der Waals surface area contributed by atoms with E-state index in [1.54, 1.807) is 32.0 Å². The van der Waals surface area contributed by atoms with Gasteiger partial charge in [-0.2, -0.15) is 0 Å². The minimum atomic E-state index is -1.14. The molecule has 0 spiro atoms. The first-order valence-electron chi connectivity index (χ1n) is 13.3. The number of aryl methyl sites for hydroxylation is 2. The van der Waals surface area contributed by atoms with Crippen LogP contribution in [0.15, 0.2) is 91.0 Å². The van der Waals surface area contributed by atoms with Gasteiger partial charge >= 0.3 is 11.9 Å². The van der Waals surface area contributed by atoms with Crippen molar-refractivity contribution >= 4 is 39.9 Å². The van der Waals surface area contributed by atoms with Crippen LogP contribution in [0.25, 0.3) is 5.76 Å². The first kappa shape index (κ1) is 29.4. The molecule has 2 heterocycles. The summed E-state index contributed by atoms with van der Waals surface area (Å²) >= 11 is 0.878. The number of thiazole rings is 1. The van der Waals surface area contributed by atoms with E-state index < -0.39 is 35.3 Å². The van der Waals surface area contributed by atoms with Gasteiger partial charge in [-0.15, -0.1) is 0 Å². The molecule has 3 aromatic carbocycles. The third kappa shape index (κ3) is 5.96. The Morgan fingerprint density at radius 2 is 1.81 bits per heavy atom. The molecule has 4 aromatic rings. The number of carbonyl (C=O) groups is 3. The molecule has 0 radical (unpaired) electrons. The van der Waals surface area contributed by atoms with Crippen molar-refractivity contribution in [1.82, 2.24) is 4.98 Å². The molecular formula is C33H27FN2O6S. The van der Waals surface area contributed by atoms with Gasteiger partial charge in [0.25, 0.3) is 5.78 Å². The predicted octanol–water partition coefficient (Wildman–Crippen LogP) is 6.45. The van der Waals surface area contributed by atoms with Crippen LogP contribution in [0, 0.1) is 19.7 Å². The molecule has 1 atom stereocenters. The Morgan fingerprint density at radius 3 is 2.49 bits per heavy atom. The third-order valence-corrected chi connectivity index (χ3v) is 7.96. The minimum absolute atomic E-state index is 0.0128. The number of anilines is 1. The highest BCUT2D eigenvalue weighted by atomic mass is 32.1. The molecule has 1 aliphatic rings. The molecule has 1 fully saturated rings. The van der Waals surface area contributed by atoms with Crippen LogP contribution in [-0.2, 0) is 20.9 Å². The summed E-state index contributed by atoms with van der Waals surface area (Å²) in [6.07, 6.45) is 1.42. The van der Waals surface area contributed by atoms with Gasteiger partial charge in [-0.25, -0.2) is 14.2 Å². The number of ketones is 1. The highest BCUT2D eigenvalue weighted by Gasteiger charge is 2.48. The zero-order valence-electron chi connectivity index (χ0n) is 23.4. The normalized spacial score (nSPS) is 15.9. The van der Waals surface area contributed by atoms with Crippen molar-refractivity contribution in [3.8, 4) is 5.75 Å². The number of benzene rings is 3. The van der Waals surface area contributed by atoms with Gasteiger partial charge in [0.15, 0.2) is 5.13 Å². The lowest BCUT2D eigenvalue weighted by atomic mass is 9.95. The summed E-state index contributed by atoms with van der Waals surface area (Å²) in [5.74, 6) is -2.88. The summed E-state index contributed by atoms with van der Waals surface area (Å²) in [6, 6.07) is 18.7. The Bertz CT molecular complexity index is 1750. The summed E-state index contributed by atoms with van der Waals surface area (Å²) in [7, 11) is 0. The summed E-state index contributed by atoms with van der Waals surface area (Å²) < 4.78 is 25.0. The van der Waals surface area contributed by atoms with E-state index in [9.17, 15) is 23.9 Å². The topological polar surface area (TPSA) is 106 Å². The van der Waals surface area contributed by atoms with Crippen LogP contribution in [-0.4, -0.2) is 34.4 Å². The van der Waals surface area contributed by atoms with Gasteiger partial charge in [0, 0.05) is 5.56 Å². The van der Waals surface area contributed by atoms with E-state index >= 15 is 0 Å². The number of aliphatic hydroxyl groups excluding tert-OH is 1. The molecule has 1 N–H and O–H groups in total. The second-order valence-electron chi connectivity index (χ2n) is 9.77. The van der Waals surface area contributed by atoms with E-state index in [1.807, 2.05) is 30.3 Å². The number of Topliss-reactive ketones (excluding diaryl/α,β-unsaturated/α-hetero) is 1. The van der Waals surface area contributed by atoms with Gasteiger partial charge in [0.2, 0.25) is 0 Å². The second-order valence-corrected chi connectivity index (χ2v) is 10.8. The molecule has 1 aromatic heterocycles. The molecule has 1 saturated heterocycles. The highest BCUT2D eigenvalue weighted by molar-refractivity contribution is 7.17. The molecule has 0 unspecified atom stereocenters. The fourth-order valence-corrected chi connectivity index (χ4v) is 5.70. The maximum Gasteiger partial charge on any atom is 0.350 e. The quantitative estimate of drug-likeness (QED) is 0.0776. The van der Waals surface area contributed by atoms with Crippen molar-refractivity contribution in [1.29, 1.82) is 0 Å². The number of hydrogen-bond acceptors (Lipinski definition) is 8. The molecule has 1 aliphatic heterocycles. The monoisotopic (exact) mass is 598 g/mol. The Hall–Kier alpha value is -5.09. The summed E-state index contributed by atoms with van der Waals surface area (Å²) in [5, 5.41) is 11.5. The minimum Gasteiger partial charge on any atom is -0.507 e. The number of aliphatic hydroxyl groups is 1. The third-order valence-electron chi connectivity index (χ3n) is 6.82. The molecular weight excluding hydrogens is 571 g/mol. The van der Waals surface area contributed by atoms with Gasteiger partial charge in [-0.3, -0.25) is 14.5 Å². The molecule has 1 amide bonds. The molecule has 0 bridgehead atoms. The van der Waals surface area contributed by atoms with E-state index in [2.05, 4.69) is 11.6 Å². The summed E-state index contributed by atoms with van der Waals surface area (Å²) in [6.45, 7) is 7.24. The zero-order chi connectivity index (χ0) is 30.7. The average Bonchev–Trinajstić information content (AvgIpc) is 3.51. The Morgan fingerprint density at radius 1 is 1.09 bits per heavy atom. The standard InChI is InChI=1S/C33H27FN2O6S/c1-4-16-41-32(40)30-20(3)35-33(43-30)36-27(22-10-13-24(34)14-11-22)26(29(38)31(36)39)28(37)23-12-15-25(19(2)17-23)42-18-21-8-6-5-7-9-21/h4-15,17,27,37H,1,16,18H2,2-3H3/t27-/m1/s1. The van der Waals surface area contributed by atoms with E-state index in [0.29, 0.717) is 34.7 Å². The lowest BCUT2D eigenvalue weighted by molar-refractivity contribution is -0.132. The van der Waals surface area contributed by atoms with Crippen LogP contribution in [0.1, 0.15) is 43.7 Å². The lowest BCUT2D eigenvalue weighted by Crippen LogP contribution is -2.29. The van der Waals surface area contributed by atoms with Crippen LogP contribution in [0.4, 0.5) is 9.52 Å². The molecule has 8 nitrogen and oxygen atoms in total. The lowest BCUT2D eigenvalue weighted by Gasteiger charge is -2.23. The number of rotatable bonds is 9. The van der Waals surface area contributed by atoms with E-state index in [0.717, 1.165) is 21.8 Å². The first-order chi connectivity index (χ1) is 20.7. The predicted molar refractivity (Wildman–Crippen MR) is 160 cm³/mol. The second kappa shape index (κ2) is 12.4. The summed E-state index contributed by atoms with van der Waals surface area (Å²) in [4.78, 5) is 45.2. The Labute approximate surface area is 251 Å². The van der Waals surface area contributed by atoms with Crippen LogP contribution in [0.3, 0.4) is 0 Å². The van der Waals surface area contributed by atoms with E-state index in [-0.39, 0.29) is 22.2 Å². The highest BCUT2D eigenvalue weighted by Crippen LogP contribution is 2.44. The Balaban J connectivity index is 1.55. The largest absolute Gasteiger partial charge is 0.507 e. The molecule has 0 saturated carbocycles. The van der Waals surface area contributed by atoms with Gasteiger partial charge in [0.05, 0.1) is 17.3 Å². The van der Waals surface area contributed by atoms with Crippen molar-refractivity contribution < 1.29 is 33.4 Å². The van der Waals surface area contributed by atoms with Gasteiger partial charge in [-0.05, 0) is 60.9 Å². The van der Waals surface area contributed by atoms with Crippen molar-refractivity contribution in [2.45, 2.75) is 26.5 Å². The molecule has 218 valence electrons. The molecule has 10 heteroatoms. The van der Waals surface area contributed by atoms with Crippen molar-refractivity contribution in [2.75, 3.05) is 11.5 Å². The number of halogens is 1. The number of carbonyl (C=O) groups excluding carboxylic acids is 3. The summed E-state index contributed by atoms with van der Waals surface area (Å²) in [5.41, 5.74) is 2.45. The van der Waals surface area contributed by atoms with E-state index in [4.69, 9.17) is 9.47 Å². The van der Waals surface area contributed by atoms with Crippen LogP contribution >= 0.6 is 11.3 Å². The SMILES string of the molecule is C=CCOC(=O)c1sc(N2C(=O)C(=O)C(=C(O)c3ccc(OCc4ccccc4)c(C)c3)[C@H]2c2ccc(F)cc2)nc1C. The molecule has 0 aliphatic carbocycles. The average molecular weight is 599 g/mol. The van der Waals surface area contributed by atoms with Crippen LogP contribution < -0.4 is 9.64 Å². The smallest absolute Gasteiger partial charge is 0.350 e. The van der Waals surface area contributed by atoms with Gasteiger partial charge in [-0.1, -0.05) is 66.5 Å². The number of esters is 1. The number of ether oxygens (including phenoxy) is 2. The zero-order valence-corrected chi connectivity index (χ0v) is 24.2. The Kier molecular flexibility index (Phi) is 8.49. The number of hydrogen-bond donors (Lipinski definition) is 1. The van der Waals surface area contributed by atoms with Crippen molar-refractivity contribution in [3.05, 3.63) is 130 Å². The van der Waals surface area contributed by atoms with Crippen LogP contribution in [0.2, 0.25) is 0 Å². The fourth-order valence-electron chi connectivity index (χ4n) is 4.71. The number of aromatic nitrogens is 1. The van der Waals surface area contributed by atoms with Gasteiger partial charge in [0.1, 0.15) is 35.4 Å². The number of amides is 1. The maximum atomic E-state index is 13.9. The first-order valence-corrected chi connectivity index (χ1v) is 14.1. The van der Waals surface area contributed by atoms with Crippen molar-refractivity contribution in [3.63, 3.8) is 0 Å². The molecule has 43 heavy (non-hydrogen) atoms. The van der Waals surface area contributed by atoms with Gasteiger partial charge < -0.3 is 14.6 Å². The molecule has 5 rings (SSSR count).